The summed E-state index contributed by atoms with van der Waals surface area (Å²) in [5.74, 6) is 1.61. The summed E-state index contributed by atoms with van der Waals surface area (Å²) in [4.78, 5) is 19.0. The van der Waals surface area contributed by atoms with Crippen molar-refractivity contribution in [2.75, 3.05) is 12.3 Å². The Bertz CT molecular complexity index is 461. The van der Waals surface area contributed by atoms with E-state index in [0.29, 0.717) is 17.2 Å². The number of thioether (sulfide) groups is 1. The largest absolute Gasteiger partial charge is 0.328 e. The highest BCUT2D eigenvalue weighted by Gasteiger charge is 2.37. The first-order chi connectivity index (χ1) is 9.66. The summed E-state index contributed by atoms with van der Waals surface area (Å²) in [7, 11) is 0. The third-order valence-electron chi connectivity index (χ3n) is 4.23. The van der Waals surface area contributed by atoms with Gasteiger partial charge in [-0.3, -0.25) is 0 Å². The van der Waals surface area contributed by atoms with Crippen LogP contribution in [0, 0.1) is 5.92 Å². The molecule has 2 amide bonds. The van der Waals surface area contributed by atoms with E-state index in [1.165, 1.54) is 12.8 Å². The van der Waals surface area contributed by atoms with Gasteiger partial charge in [-0.2, -0.15) is 11.8 Å². The molecule has 4 nitrogen and oxygen atoms in total. The molecule has 2 aliphatic rings. The second kappa shape index (κ2) is 5.93. The van der Waals surface area contributed by atoms with Crippen LogP contribution in [0.4, 0.5) is 4.79 Å². The predicted octanol–water partition coefficient (Wildman–Crippen LogP) is 3.13. The number of amides is 2. The van der Waals surface area contributed by atoms with Crippen LogP contribution in [0.3, 0.4) is 0 Å². The fraction of sp³-hybridized carbons (Fsp3) is 0.714. The third kappa shape index (κ3) is 2.96. The maximum absolute atomic E-state index is 12.6. The number of nitrogens with zero attached hydrogens (tertiary/aromatic N) is 2. The minimum atomic E-state index is 0.0803. The van der Waals surface area contributed by atoms with E-state index in [-0.39, 0.29) is 12.1 Å². The summed E-state index contributed by atoms with van der Waals surface area (Å²) in [6.45, 7) is 5.19. The zero-order valence-electron chi connectivity index (χ0n) is 11.9. The number of aromatic nitrogens is 1. The van der Waals surface area contributed by atoms with E-state index in [9.17, 15) is 4.79 Å². The van der Waals surface area contributed by atoms with Gasteiger partial charge < -0.3 is 10.2 Å². The van der Waals surface area contributed by atoms with Crippen LogP contribution < -0.4 is 5.32 Å². The number of rotatable bonds is 3. The molecular formula is C14H21N3OS2. The van der Waals surface area contributed by atoms with Gasteiger partial charge in [0, 0.05) is 35.2 Å². The molecule has 1 saturated carbocycles. The minimum absolute atomic E-state index is 0.0803. The maximum Gasteiger partial charge on any atom is 0.318 e. The van der Waals surface area contributed by atoms with Crippen LogP contribution in [0.1, 0.15) is 37.7 Å². The van der Waals surface area contributed by atoms with Gasteiger partial charge >= 0.3 is 6.03 Å². The van der Waals surface area contributed by atoms with Gasteiger partial charge in [0.25, 0.3) is 0 Å². The smallest absolute Gasteiger partial charge is 0.318 e. The van der Waals surface area contributed by atoms with E-state index in [4.69, 9.17) is 0 Å². The lowest BCUT2D eigenvalue weighted by atomic mass is 10.2. The molecule has 2 heterocycles. The molecule has 3 rings (SSSR count). The Hall–Kier alpha value is -0.750. The van der Waals surface area contributed by atoms with Crippen LogP contribution in [0.15, 0.2) is 11.6 Å². The number of urea groups is 1. The Morgan fingerprint density at radius 2 is 2.30 bits per heavy atom. The lowest BCUT2D eigenvalue weighted by Crippen LogP contribution is -2.52. The summed E-state index contributed by atoms with van der Waals surface area (Å²) in [6, 6.07) is 0.487. The number of hydrogen-bond acceptors (Lipinski definition) is 4. The monoisotopic (exact) mass is 311 g/mol. The molecule has 1 saturated heterocycles. The zero-order valence-corrected chi connectivity index (χ0v) is 13.5. The summed E-state index contributed by atoms with van der Waals surface area (Å²) < 4.78 is 0. The molecular weight excluding hydrogens is 290 g/mol. The first-order valence-corrected chi connectivity index (χ1v) is 9.18. The van der Waals surface area contributed by atoms with E-state index in [0.717, 1.165) is 17.3 Å². The van der Waals surface area contributed by atoms with E-state index in [1.807, 2.05) is 28.2 Å². The number of nitrogens with one attached hydrogen (secondary N) is 1. The normalized spacial score (nSPS) is 28.2. The van der Waals surface area contributed by atoms with Crippen LogP contribution in [0.2, 0.25) is 0 Å². The lowest BCUT2D eigenvalue weighted by molar-refractivity contribution is 0.175. The van der Waals surface area contributed by atoms with E-state index in [1.54, 1.807) is 11.3 Å². The first-order valence-electron chi connectivity index (χ1n) is 7.25. The summed E-state index contributed by atoms with van der Waals surface area (Å²) in [6.07, 6.45) is 4.22. The summed E-state index contributed by atoms with van der Waals surface area (Å²) in [5, 5.41) is 6.77. The Morgan fingerprint density at radius 3 is 2.95 bits per heavy atom. The summed E-state index contributed by atoms with van der Waals surface area (Å²) in [5.41, 5.74) is 0. The van der Waals surface area contributed by atoms with Gasteiger partial charge in [-0.15, -0.1) is 11.3 Å². The molecule has 1 aromatic rings. The average Bonchev–Trinajstić information content (AvgIpc) is 3.13. The lowest BCUT2D eigenvalue weighted by Gasteiger charge is -2.38. The maximum atomic E-state index is 12.6. The highest BCUT2D eigenvalue weighted by Crippen LogP contribution is 2.41. The number of carbonyl (C=O) groups is 1. The zero-order chi connectivity index (χ0) is 14.1. The van der Waals surface area contributed by atoms with Crippen molar-refractivity contribution in [2.24, 2.45) is 5.92 Å². The molecule has 110 valence electrons. The molecule has 0 spiro atoms. The van der Waals surface area contributed by atoms with Crippen molar-refractivity contribution in [3.8, 4) is 0 Å². The number of thiazole rings is 1. The molecule has 2 fully saturated rings. The molecule has 0 aromatic carbocycles. The van der Waals surface area contributed by atoms with Gasteiger partial charge in [0.15, 0.2) is 0 Å². The highest BCUT2D eigenvalue weighted by atomic mass is 32.2. The van der Waals surface area contributed by atoms with Crippen molar-refractivity contribution in [1.29, 1.82) is 0 Å². The van der Waals surface area contributed by atoms with Crippen LogP contribution in [0.25, 0.3) is 0 Å². The van der Waals surface area contributed by atoms with Crippen molar-refractivity contribution in [2.45, 2.75) is 44.0 Å². The van der Waals surface area contributed by atoms with Crippen LogP contribution in [-0.4, -0.2) is 39.5 Å². The van der Waals surface area contributed by atoms with Crippen LogP contribution >= 0.6 is 23.1 Å². The quantitative estimate of drug-likeness (QED) is 0.933. The fourth-order valence-electron chi connectivity index (χ4n) is 2.63. The number of carbonyl (C=O) groups excluding carboxylic acids is 1. The van der Waals surface area contributed by atoms with Crippen LogP contribution in [0.5, 0.6) is 0 Å². The van der Waals surface area contributed by atoms with Gasteiger partial charge in [0.1, 0.15) is 5.01 Å². The predicted molar refractivity (Wildman–Crippen MR) is 84.2 cm³/mol. The highest BCUT2D eigenvalue weighted by molar-refractivity contribution is 8.00. The van der Waals surface area contributed by atoms with Crippen molar-refractivity contribution < 1.29 is 4.79 Å². The molecule has 3 atom stereocenters. The van der Waals surface area contributed by atoms with Crippen molar-refractivity contribution >= 4 is 29.1 Å². The Labute approximate surface area is 128 Å². The Kier molecular flexibility index (Phi) is 4.21. The topological polar surface area (TPSA) is 45.2 Å². The number of hydrogen-bond donors (Lipinski definition) is 1. The molecule has 1 aliphatic heterocycles. The second-order valence-electron chi connectivity index (χ2n) is 5.64. The molecule has 0 unspecified atom stereocenters. The average molecular weight is 311 g/mol. The molecule has 20 heavy (non-hydrogen) atoms. The first kappa shape index (κ1) is 14.2. The van der Waals surface area contributed by atoms with E-state index < -0.39 is 0 Å². The van der Waals surface area contributed by atoms with Gasteiger partial charge in [-0.25, -0.2) is 9.78 Å². The van der Waals surface area contributed by atoms with Gasteiger partial charge in [-0.05, 0) is 25.7 Å². The van der Waals surface area contributed by atoms with Gasteiger partial charge in [-0.1, -0.05) is 6.92 Å². The molecule has 0 bridgehead atoms. The Balaban J connectivity index is 1.67. The third-order valence-corrected chi connectivity index (χ3v) is 6.43. The van der Waals surface area contributed by atoms with Crippen molar-refractivity contribution in [3.05, 3.63) is 16.6 Å². The van der Waals surface area contributed by atoms with Gasteiger partial charge in [0.2, 0.25) is 0 Å². The fourth-order valence-corrected chi connectivity index (χ4v) is 4.51. The van der Waals surface area contributed by atoms with Gasteiger partial charge in [0.05, 0.1) is 6.04 Å². The molecule has 1 aliphatic carbocycles. The van der Waals surface area contributed by atoms with Crippen molar-refractivity contribution in [1.82, 2.24) is 15.2 Å². The minimum Gasteiger partial charge on any atom is -0.328 e. The van der Waals surface area contributed by atoms with E-state index in [2.05, 4.69) is 24.1 Å². The van der Waals surface area contributed by atoms with E-state index >= 15 is 0 Å². The molecule has 1 N–H and O–H groups in total. The summed E-state index contributed by atoms with van der Waals surface area (Å²) >= 11 is 3.59. The molecule has 0 radical (unpaired) electrons. The van der Waals surface area contributed by atoms with Crippen LogP contribution in [-0.2, 0) is 0 Å². The Morgan fingerprint density at radius 1 is 1.50 bits per heavy atom. The molecule has 1 aromatic heterocycles. The second-order valence-corrected chi connectivity index (χ2v) is 8.06. The standard InChI is InChI=1S/C14H21N3OS2/c1-9-10(2)19-8-6-17(9)14(18)16-12(11-3-4-11)13-15-5-7-20-13/h5,7,9-12H,3-4,6,8H2,1-2H3,(H,16,18)/t9-,10+,12-/m1/s1. The van der Waals surface area contributed by atoms with Crippen molar-refractivity contribution in [3.63, 3.8) is 0 Å². The molecule has 6 heteroatoms. The SMILES string of the molecule is C[C@@H]1SCCN(C(=O)N[C@@H](c2nccs2)C2CC2)[C@@H]1C.